The summed E-state index contributed by atoms with van der Waals surface area (Å²) in [6, 6.07) is 1.41. The molecule has 2 aromatic rings. The van der Waals surface area contributed by atoms with Crippen LogP contribution in [-0.4, -0.2) is 73.5 Å². The molecular formula is C23H32F2N4O6S2. The number of hydrogen-bond donors (Lipinski definition) is 4. The van der Waals surface area contributed by atoms with Gasteiger partial charge in [-0.1, -0.05) is 20.8 Å². The maximum absolute atomic E-state index is 13.8. The number of carbonyl (C=O) groups excluding carboxylic acids is 2. The minimum Gasteiger partial charge on any atom is -0.390 e. The molecule has 1 aromatic carbocycles. The van der Waals surface area contributed by atoms with Gasteiger partial charge in [0.2, 0.25) is 15.9 Å². The molecule has 0 saturated heterocycles. The number of carbonyl (C=O) groups is 2. The standard InChI is InChI=1S/C23H32F2N4O6S2/c1-12(2)10-26-21(32)13(3)19(30)20(31)17(8-14-6-15(24)9-16(25)7-14)27-22(33)18-11-36-23(28-18)29(4)37(5,34)35/h6-7,9,11-13,17,19-20,30-31H,8,10H2,1-5H3,(H,26,32)(H,27,33). The van der Waals surface area contributed by atoms with E-state index in [1.165, 1.54) is 19.4 Å². The van der Waals surface area contributed by atoms with Crippen LogP contribution >= 0.6 is 11.3 Å². The number of rotatable bonds is 12. The van der Waals surface area contributed by atoms with Crippen molar-refractivity contribution in [1.82, 2.24) is 15.6 Å². The lowest BCUT2D eigenvalue weighted by atomic mass is 9.90. The predicted octanol–water partition coefficient (Wildman–Crippen LogP) is 1.29. The van der Waals surface area contributed by atoms with Crippen molar-refractivity contribution in [2.75, 3.05) is 24.2 Å². The highest BCUT2D eigenvalue weighted by Gasteiger charge is 2.35. The Bertz CT molecular complexity index is 1190. The number of aromatic nitrogens is 1. The third-order valence-electron chi connectivity index (χ3n) is 5.56. The molecule has 4 atom stereocenters. The largest absolute Gasteiger partial charge is 0.390 e. The van der Waals surface area contributed by atoms with Gasteiger partial charge in [0.25, 0.3) is 5.91 Å². The summed E-state index contributed by atoms with van der Waals surface area (Å²) >= 11 is 0.890. The minimum absolute atomic E-state index is 0.0208. The van der Waals surface area contributed by atoms with E-state index in [1.807, 2.05) is 13.8 Å². The Hall–Kier alpha value is -2.68. The Labute approximate surface area is 218 Å². The van der Waals surface area contributed by atoms with Gasteiger partial charge < -0.3 is 20.8 Å². The van der Waals surface area contributed by atoms with Gasteiger partial charge in [0, 0.05) is 25.0 Å². The van der Waals surface area contributed by atoms with E-state index < -0.39 is 57.6 Å². The molecule has 37 heavy (non-hydrogen) atoms. The van der Waals surface area contributed by atoms with Gasteiger partial charge >= 0.3 is 0 Å². The minimum atomic E-state index is -3.63. The van der Waals surface area contributed by atoms with Gasteiger partial charge in [-0.05, 0) is 30.0 Å². The number of thiazole rings is 1. The maximum Gasteiger partial charge on any atom is 0.271 e. The average molecular weight is 563 g/mol. The normalized spacial score (nSPS) is 15.1. The van der Waals surface area contributed by atoms with Crippen LogP contribution in [0.1, 0.15) is 36.8 Å². The molecule has 0 aliphatic heterocycles. The van der Waals surface area contributed by atoms with Crippen LogP contribution in [0, 0.1) is 23.5 Å². The van der Waals surface area contributed by atoms with Crippen LogP contribution in [0.25, 0.3) is 0 Å². The second kappa shape index (κ2) is 12.7. The molecule has 0 fully saturated rings. The van der Waals surface area contributed by atoms with Crippen molar-refractivity contribution in [3.63, 3.8) is 0 Å². The van der Waals surface area contributed by atoms with Crippen molar-refractivity contribution >= 4 is 38.3 Å². The van der Waals surface area contributed by atoms with Gasteiger partial charge in [0.1, 0.15) is 23.4 Å². The summed E-state index contributed by atoms with van der Waals surface area (Å²) in [6.07, 6.45) is -2.68. The molecule has 4 unspecified atom stereocenters. The Kier molecular flexibility index (Phi) is 10.5. The van der Waals surface area contributed by atoms with Crippen LogP contribution in [0.4, 0.5) is 13.9 Å². The lowest BCUT2D eigenvalue weighted by molar-refractivity contribution is -0.131. The van der Waals surface area contributed by atoms with Gasteiger partial charge in [-0.2, -0.15) is 0 Å². The van der Waals surface area contributed by atoms with Gasteiger partial charge in [-0.25, -0.2) is 26.5 Å². The fourth-order valence-electron chi connectivity index (χ4n) is 3.29. The molecule has 1 aromatic heterocycles. The Balaban J connectivity index is 2.29. The van der Waals surface area contributed by atoms with Gasteiger partial charge in [-0.3, -0.25) is 9.59 Å². The summed E-state index contributed by atoms with van der Waals surface area (Å²) in [6.45, 7) is 5.52. The maximum atomic E-state index is 13.8. The quantitative estimate of drug-likeness (QED) is 0.305. The lowest BCUT2D eigenvalue weighted by Crippen LogP contribution is -2.53. The first-order valence-corrected chi connectivity index (χ1v) is 14.1. The fourth-order valence-corrected chi connectivity index (χ4v) is 4.83. The van der Waals surface area contributed by atoms with E-state index in [0.717, 1.165) is 34.0 Å². The van der Waals surface area contributed by atoms with Crippen LogP contribution in [0.5, 0.6) is 0 Å². The van der Waals surface area contributed by atoms with Crippen LogP contribution < -0.4 is 14.9 Å². The molecule has 0 saturated carbocycles. The van der Waals surface area contributed by atoms with Gasteiger partial charge in [0.05, 0.1) is 24.3 Å². The van der Waals surface area contributed by atoms with Crippen molar-refractivity contribution in [2.24, 2.45) is 11.8 Å². The molecule has 14 heteroatoms. The predicted molar refractivity (Wildman–Crippen MR) is 136 cm³/mol. The van der Waals surface area contributed by atoms with Crippen molar-refractivity contribution in [3.8, 4) is 0 Å². The van der Waals surface area contributed by atoms with Gasteiger partial charge in [0.15, 0.2) is 5.13 Å². The Morgan fingerprint density at radius 1 is 1.11 bits per heavy atom. The summed E-state index contributed by atoms with van der Waals surface area (Å²) in [5.41, 5.74) is -0.0860. The average Bonchev–Trinajstić information content (AvgIpc) is 3.29. The topological polar surface area (TPSA) is 149 Å². The summed E-state index contributed by atoms with van der Waals surface area (Å²) in [5.74, 6) is -4.01. The second-order valence-electron chi connectivity index (χ2n) is 9.22. The first-order valence-electron chi connectivity index (χ1n) is 11.4. The fraction of sp³-hybridized carbons (Fsp3) is 0.522. The monoisotopic (exact) mass is 562 g/mol. The summed E-state index contributed by atoms with van der Waals surface area (Å²) in [4.78, 5) is 29.3. The van der Waals surface area contributed by atoms with Crippen LogP contribution in [0.3, 0.4) is 0 Å². The Morgan fingerprint density at radius 2 is 1.70 bits per heavy atom. The molecule has 0 radical (unpaired) electrons. The number of nitrogens with one attached hydrogen (secondary N) is 2. The third kappa shape index (κ3) is 8.69. The highest BCUT2D eigenvalue weighted by molar-refractivity contribution is 7.92. The zero-order valence-electron chi connectivity index (χ0n) is 21.1. The van der Waals surface area contributed by atoms with Crippen LogP contribution in [0.15, 0.2) is 23.6 Å². The van der Waals surface area contributed by atoms with Crippen molar-refractivity contribution in [3.05, 3.63) is 46.5 Å². The number of sulfonamides is 1. The number of amides is 2. The molecule has 0 aliphatic carbocycles. The molecule has 10 nitrogen and oxygen atoms in total. The highest BCUT2D eigenvalue weighted by atomic mass is 32.2. The zero-order chi connectivity index (χ0) is 28.1. The van der Waals surface area contributed by atoms with E-state index in [2.05, 4.69) is 15.6 Å². The molecule has 1 heterocycles. The summed E-state index contributed by atoms with van der Waals surface area (Å²) < 4.78 is 51.9. The zero-order valence-corrected chi connectivity index (χ0v) is 22.7. The number of anilines is 1. The lowest BCUT2D eigenvalue weighted by Gasteiger charge is -2.30. The third-order valence-corrected chi connectivity index (χ3v) is 7.76. The Morgan fingerprint density at radius 3 is 2.24 bits per heavy atom. The van der Waals surface area contributed by atoms with E-state index in [-0.39, 0.29) is 28.7 Å². The van der Waals surface area contributed by atoms with E-state index >= 15 is 0 Å². The molecule has 206 valence electrons. The highest BCUT2D eigenvalue weighted by Crippen LogP contribution is 2.22. The smallest absolute Gasteiger partial charge is 0.271 e. The first kappa shape index (κ1) is 30.5. The summed E-state index contributed by atoms with van der Waals surface area (Å²) in [5, 5.41) is 28.1. The second-order valence-corrected chi connectivity index (χ2v) is 12.1. The molecule has 2 rings (SSSR count). The number of benzene rings is 1. The van der Waals surface area contributed by atoms with Crippen molar-refractivity contribution < 1.29 is 37.0 Å². The van der Waals surface area contributed by atoms with E-state index in [9.17, 15) is 37.0 Å². The van der Waals surface area contributed by atoms with E-state index in [1.54, 1.807) is 0 Å². The molecule has 4 N–H and O–H groups in total. The molecule has 0 spiro atoms. The SMILES string of the molecule is CC(C)CNC(=O)C(C)C(O)C(O)C(Cc1cc(F)cc(F)c1)NC(=O)c1csc(N(C)S(C)(=O)=O)n1. The van der Waals surface area contributed by atoms with E-state index in [4.69, 9.17) is 0 Å². The molecule has 0 aliphatic rings. The van der Waals surface area contributed by atoms with Crippen molar-refractivity contribution in [1.29, 1.82) is 0 Å². The number of hydrogen-bond acceptors (Lipinski definition) is 8. The molecule has 2 amide bonds. The number of aliphatic hydroxyl groups is 2. The molecule has 0 bridgehead atoms. The van der Waals surface area contributed by atoms with Crippen LogP contribution in [-0.2, 0) is 21.2 Å². The molecular weight excluding hydrogens is 530 g/mol. The number of aliphatic hydroxyl groups excluding tert-OH is 2. The number of nitrogens with zero attached hydrogens (tertiary/aromatic N) is 2. The number of halogens is 2. The first-order chi connectivity index (χ1) is 17.1. The van der Waals surface area contributed by atoms with Crippen LogP contribution in [0.2, 0.25) is 0 Å². The van der Waals surface area contributed by atoms with E-state index in [0.29, 0.717) is 12.6 Å². The van der Waals surface area contributed by atoms with Gasteiger partial charge in [-0.15, -0.1) is 11.3 Å². The van der Waals surface area contributed by atoms with Crippen molar-refractivity contribution in [2.45, 2.75) is 45.4 Å². The summed E-state index contributed by atoms with van der Waals surface area (Å²) in [7, 11) is -2.36.